The van der Waals surface area contributed by atoms with Crippen LogP contribution < -0.4 is 10.5 Å². The summed E-state index contributed by atoms with van der Waals surface area (Å²) in [6, 6.07) is 11.6. The lowest BCUT2D eigenvalue weighted by Gasteiger charge is -2.07. The van der Waals surface area contributed by atoms with Crippen molar-refractivity contribution in [2.45, 2.75) is 6.61 Å². The first-order chi connectivity index (χ1) is 8.15. The molecule has 0 saturated carbocycles. The molecular weight excluding hydrogens is 241 g/mol. The molecule has 0 saturated heterocycles. The van der Waals surface area contributed by atoms with E-state index in [1.165, 1.54) is 18.2 Å². The maximum absolute atomic E-state index is 12.9. The number of halogens is 2. The predicted molar refractivity (Wildman–Crippen MR) is 66.6 cm³/mol. The number of nitrogens with two attached hydrogens (primary N) is 1. The summed E-state index contributed by atoms with van der Waals surface area (Å²) in [6.45, 7) is 0.368. The van der Waals surface area contributed by atoms with Gasteiger partial charge in [-0.25, -0.2) is 4.39 Å². The Labute approximate surface area is 104 Å². The van der Waals surface area contributed by atoms with E-state index in [1.54, 1.807) is 6.07 Å². The number of anilines is 1. The maximum atomic E-state index is 12.9. The molecule has 0 unspecified atom stereocenters. The van der Waals surface area contributed by atoms with E-state index in [1.807, 2.05) is 18.2 Å². The molecule has 0 atom stereocenters. The lowest BCUT2D eigenvalue weighted by atomic mass is 10.2. The quantitative estimate of drug-likeness (QED) is 0.846. The Hall–Kier alpha value is -1.74. The molecule has 0 aliphatic heterocycles. The zero-order valence-corrected chi connectivity index (χ0v) is 9.75. The molecule has 2 rings (SSSR count). The first-order valence-corrected chi connectivity index (χ1v) is 5.45. The third-order valence-electron chi connectivity index (χ3n) is 2.25. The molecule has 2 N–H and O–H groups in total. The van der Waals surface area contributed by atoms with Crippen LogP contribution in [0.3, 0.4) is 0 Å². The highest BCUT2D eigenvalue weighted by molar-refractivity contribution is 6.30. The van der Waals surface area contributed by atoms with Crippen molar-refractivity contribution in [1.29, 1.82) is 0 Å². The van der Waals surface area contributed by atoms with E-state index >= 15 is 0 Å². The average Bonchev–Trinajstić information content (AvgIpc) is 2.31. The van der Waals surface area contributed by atoms with Gasteiger partial charge in [0.25, 0.3) is 0 Å². The molecule has 0 amide bonds. The van der Waals surface area contributed by atoms with E-state index in [9.17, 15) is 4.39 Å². The Kier molecular flexibility index (Phi) is 3.49. The standard InChI is InChI=1S/C13H11ClFNO/c14-12-7-11(4-5-13(12)15)17-8-9-2-1-3-10(16)6-9/h1-7H,8,16H2. The van der Waals surface area contributed by atoms with Crippen LogP contribution in [-0.2, 0) is 6.61 Å². The fraction of sp³-hybridized carbons (Fsp3) is 0.0769. The second-order valence-corrected chi connectivity index (χ2v) is 4.02. The van der Waals surface area contributed by atoms with Gasteiger partial charge in [-0.1, -0.05) is 23.7 Å². The molecule has 88 valence electrons. The van der Waals surface area contributed by atoms with Crippen molar-refractivity contribution < 1.29 is 9.13 Å². The van der Waals surface area contributed by atoms with Gasteiger partial charge in [0, 0.05) is 11.8 Å². The average molecular weight is 252 g/mol. The molecule has 0 aliphatic carbocycles. The van der Waals surface area contributed by atoms with E-state index in [2.05, 4.69) is 0 Å². The Balaban J connectivity index is 2.05. The van der Waals surface area contributed by atoms with Crippen LogP contribution >= 0.6 is 11.6 Å². The minimum Gasteiger partial charge on any atom is -0.489 e. The summed E-state index contributed by atoms with van der Waals surface area (Å²) in [4.78, 5) is 0. The molecule has 4 heteroatoms. The zero-order valence-electron chi connectivity index (χ0n) is 8.99. The smallest absolute Gasteiger partial charge is 0.142 e. The third kappa shape index (κ3) is 3.11. The normalized spacial score (nSPS) is 10.2. The summed E-state index contributed by atoms with van der Waals surface area (Å²) in [7, 11) is 0. The van der Waals surface area contributed by atoms with Crippen LogP contribution in [0, 0.1) is 5.82 Å². The molecule has 0 fully saturated rings. The molecule has 2 aromatic rings. The fourth-order valence-electron chi connectivity index (χ4n) is 1.42. The molecule has 0 radical (unpaired) electrons. The fourth-order valence-corrected chi connectivity index (χ4v) is 1.59. The molecule has 2 nitrogen and oxygen atoms in total. The third-order valence-corrected chi connectivity index (χ3v) is 2.54. The van der Waals surface area contributed by atoms with Crippen LogP contribution in [0.1, 0.15) is 5.56 Å². The van der Waals surface area contributed by atoms with Crippen molar-refractivity contribution in [2.24, 2.45) is 0 Å². The van der Waals surface area contributed by atoms with Crippen molar-refractivity contribution in [3.05, 3.63) is 58.9 Å². The van der Waals surface area contributed by atoms with Gasteiger partial charge in [0.2, 0.25) is 0 Å². The van der Waals surface area contributed by atoms with Gasteiger partial charge >= 0.3 is 0 Å². The van der Waals surface area contributed by atoms with Gasteiger partial charge in [-0.15, -0.1) is 0 Å². The van der Waals surface area contributed by atoms with Crippen LogP contribution in [0.25, 0.3) is 0 Å². The number of rotatable bonds is 3. The number of hydrogen-bond donors (Lipinski definition) is 1. The minimum absolute atomic E-state index is 0.0510. The molecule has 0 bridgehead atoms. The zero-order chi connectivity index (χ0) is 12.3. The monoisotopic (exact) mass is 251 g/mol. The van der Waals surface area contributed by atoms with Gasteiger partial charge in [-0.05, 0) is 29.8 Å². The second-order valence-electron chi connectivity index (χ2n) is 3.61. The molecule has 0 heterocycles. The summed E-state index contributed by atoms with van der Waals surface area (Å²) in [6.07, 6.45) is 0. The number of ether oxygens (including phenoxy) is 1. The molecule has 0 aromatic heterocycles. The van der Waals surface area contributed by atoms with Gasteiger partial charge in [0.1, 0.15) is 18.2 Å². The van der Waals surface area contributed by atoms with E-state index in [0.29, 0.717) is 18.0 Å². The maximum Gasteiger partial charge on any atom is 0.142 e. The van der Waals surface area contributed by atoms with E-state index in [0.717, 1.165) is 5.56 Å². The minimum atomic E-state index is -0.456. The second kappa shape index (κ2) is 5.06. The van der Waals surface area contributed by atoms with E-state index < -0.39 is 5.82 Å². The van der Waals surface area contributed by atoms with Gasteiger partial charge in [0.15, 0.2) is 0 Å². The van der Waals surface area contributed by atoms with Crippen molar-refractivity contribution in [3.8, 4) is 5.75 Å². The number of hydrogen-bond acceptors (Lipinski definition) is 2. The molecule has 0 spiro atoms. The topological polar surface area (TPSA) is 35.2 Å². The summed E-state index contributed by atoms with van der Waals surface area (Å²) >= 11 is 5.65. The molecule has 0 aliphatic rings. The van der Waals surface area contributed by atoms with Crippen LogP contribution in [0.5, 0.6) is 5.75 Å². The van der Waals surface area contributed by atoms with Crippen molar-refractivity contribution in [2.75, 3.05) is 5.73 Å². The van der Waals surface area contributed by atoms with Crippen LogP contribution in [0.2, 0.25) is 5.02 Å². The predicted octanol–water partition coefficient (Wildman–Crippen LogP) is 3.64. The first kappa shape index (κ1) is 11.7. The Morgan fingerprint density at radius 3 is 2.71 bits per heavy atom. The Morgan fingerprint density at radius 1 is 1.18 bits per heavy atom. The lowest BCUT2D eigenvalue weighted by molar-refractivity contribution is 0.306. The van der Waals surface area contributed by atoms with Gasteiger partial charge in [0.05, 0.1) is 5.02 Å². The van der Waals surface area contributed by atoms with E-state index in [-0.39, 0.29) is 5.02 Å². The highest BCUT2D eigenvalue weighted by Gasteiger charge is 2.02. The summed E-state index contributed by atoms with van der Waals surface area (Å²) in [5.41, 5.74) is 7.28. The van der Waals surface area contributed by atoms with Crippen molar-refractivity contribution >= 4 is 17.3 Å². The Morgan fingerprint density at radius 2 is 2.00 bits per heavy atom. The Bertz CT molecular complexity index is 531. The van der Waals surface area contributed by atoms with Crippen molar-refractivity contribution in [1.82, 2.24) is 0 Å². The van der Waals surface area contributed by atoms with Crippen LogP contribution in [0.4, 0.5) is 10.1 Å². The lowest BCUT2D eigenvalue weighted by Crippen LogP contribution is -1.96. The summed E-state index contributed by atoms with van der Waals surface area (Å²) in [5.74, 6) is 0.0711. The highest BCUT2D eigenvalue weighted by Crippen LogP contribution is 2.22. The summed E-state index contributed by atoms with van der Waals surface area (Å²) < 4.78 is 18.4. The van der Waals surface area contributed by atoms with Gasteiger partial charge in [-0.3, -0.25) is 0 Å². The van der Waals surface area contributed by atoms with Crippen molar-refractivity contribution in [3.63, 3.8) is 0 Å². The van der Waals surface area contributed by atoms with E-state index in [4.69, 9.17) is 22.1 Å². The molecule has 2 aromatic carbocycles. The van der Waals surface area contributed by atoms with Gasteiger partial charge < -0.3 is 10.5 Å². The molecular formula is C13H11ClFNO. The SMILES string of the molecule is Nc1cccc(COc2ccc(F)c(Cl)c2)c1. The van der Waals surface area contributed by atoms with Gasteiger partial charge in [-0.2, -0.15) is 0 Å². The van der Waals surface area contributed by atoms with Crippen LogP contribution in [-0.4, -0.2) is 0 Å². The first-order valence-electron chi connectivity index (χ1n) is 5.07. The number of nitrogen functional groups attached to an aromatic ring is 1. The summed E-state index contributed by atoms with van der Waals surface area (Å²) in [5, 5.41) is 0.0510. The van der Waals surface area contributed by atoms with Crippen LogP contribution in [0.15, 0.2) is 42.5 Å². The largest absolute Gasteiger partial charge is 0.489 e. The number of benzene rings is 2. The highest BCUT2D eigenvalue weighted by atomic mass is 35.5. The molecule has 17 heavy (non-hydrogen) atoms.